The molecule has 2 N–H and O–H groups in total. The summed E-state index contributed by atoms with van der Waals surface area (Å²) in [5.41, 5.74) is 0. The van der Waals surface area contributed by atoms with Crippen LogP contribution in [0.2, 0.25) is 5.02 Å². The van der Waals surface area contributed by atoms with Crippen LogP contribution in [-0.2, 0) is 9.59 Å². The van der Waals surface area contributed by atoms with Crippen molar-refractivity contribution in [2.75, 3.05) is 5.75 Å². The van der Waals surface area contributed by atoms with E-state index in [0.29, 0.717) is 10.8 Å². The predicted octanol–water partition coefficient (Wildman–Crippen LogP) is 2.41. The van der Waals surface area contributed by atoms with E-state index in [-0.39, 0.29) is 12.3 Å². The van der Waals surface area contributed by atoms with Crippen molar-refractivity contribution < 1.29 is 14.7 Å². The zero-order valence-electron chi connectivity index (χ0n) is 9.85. The van der Waals surface area contributed by atoms with Gasteiger partial charge >= 0.3 is 5.97 Å². The molecule has 18 heavy (non-hydrogen) atoms. The van der Waals surface area contributed by atoms with Gasteiger partial charge in [-0.05, 0) is 31.2 Å². The van der Waals surface area contributed by atoms with E-state index < -0.39 is 12.0 Å². The number of hydrogen-bond acceptors (Lipinski definition) is 3. The van der Waals surface area contributed by atoms with Crippen molar-refractivity contribution in [3.05, 3.63) is 29.3 Å². The molecule has 4 nitrogen and oxygen atoms in total. The number of amides is 1. The monoisotopic (exact) mass is 287 g/mol. The van der Waals surface area contributed by atoms with Crippen molar-refractivity contribution >= 4 is 35.2 Å². The van der Waals surface area contributed by atoms with Gasteiger partial charge < -0.3 is 10.4 Å². The summed E-state index contributed by atoms with van der Waals surface area (Å²) >= 11 is 7.28. The molecule has 1 rings (SSSR count). The summed E-state index contributed by atoms with van der Waals surface area (Å²) in [5, 5.41) is 11.7. The maximum atomic E-state index is 11.4. The van der Waals surface area contributed by atoms with Gasteiger partial charge in [0.25, 0.3) is 0 Å². The number of hydrogen-bond donors (Lipinski definition) is 2. The Morgan fingerprint density at radius 2 is 2.00 bits per heavy atom. The first-order valence-electron chi connectivity index (χ1n) is 5.39. The van der Waals surface area contributed by atoms with Gasteiger partial charge in [-0.25, -0.2) is 0 Å². The second-order valence-electron chi connectivity index (χ2n) is 3.68. The number of carbonyl (C=O) groups is 2. The number of carboxylic acids is 1. The highest BCUT2D eigenvalue weighted by atomic mass is 35.5. The molecule has 0 fully saturated rings. The van der Waals surface area contributed by atoms with Gasteiger partial charge in [0.2, 0.25) is 5.91 Å². The number of aliphatic carboxylic acids is 1. The lowest BCUT2D eigenvalue weighted by atomic mass is 10.3. The standard InChI is InChI=1S/C12H14ClNO3S/c1-8(12(16)17)14-11(15)6-7-18-10-4-2-9(13)3-5-10/h2-5,8H,6-7H2,1H3,(H,14,15)(H,16,17)/t8-/m1/s1. The summed E-state index contributed by atoms with van der Waals surface area (Å²) in [7, 11) is 0. The van der Waals surface area contributed by atoms with Crippen LogP contribution in [0.15, 0.2) is 29.2 Å². The molecule has 1 amide bonds. The molecule has 0 aliphatic carbocycles. The van der Waals surface area contributed by atoms with Gasteiger partial charge in [0.1, 0.15) is 6.04 Å². The summed E-state index contributed by atoms with van der Waals surface area (Å²) < 4.78 is 0. The van der Waals surface area contributed by atoms with Crippen molar-refractivity contribution in [2.45, 2.75) is 24.3 Å². The van der Waals surface area contributed by atoms with Crippen LogP contribution in [0.1, 0.15) is 13.3 Å². The molecule has 0 bridgehead atoms. The number of rotatable bonds is 6. The summed E-state index contributed by atoms with van der Waals surface area (Å²) in [4.78, 5) is 22.9. The van der Waals surface area contributed by atoms with E-state index in [4.69, 9.17) is 16.7 Å². The minimum Gasteiger partial charge on any atom is -0.480 e. The molecule has 1 atom stereocenters. The smallest absolute Gasteiger partial charge is 0.325 e. The molecule has 0 saturated heterocycles. The number of benzene rings is 1. The zero-order valence-corrected chi connectivity index (χ0v) is 11.4. The van der Waals surface area contributed by atoms with E-state index in [2.05, 4.69) is 5.32 Å². The molecule has 0 saturated carbocycles. The molecular formula is C12H14ClNO3S. The fourth-order valence-corrected chi connectivity index (χ4v) is 2.15. The maximum Gasteiger partial charge on any atom is 0.325 e. The molecule has 0 aliphatic rings. The first-order valence-corrected chi connectivity index (χ1v) is 6.76. The topological polar surface area (TPSA) is 66.4 Å². The third kappa shape index (κ3) is 5.42. The highest BCUT2D eigenvalue weighted by Gasteiger charge is 2.13. The third-order valence-electron chi connectivity index (χ3n) is 2.16. The van der Waals surface area contributed by atoms with Gasteiger partial charge in [-0.2, -0.15) is 0 Å². The van der Waals surface area contributed by atoms with Gasteiger partial charge in [-0.3, -0.25) is 9.59 Å². The van der Waals surface area contributed by atoms with Crippen LogP contribution < -0.4 is 5.32 Å². The summed E-state index contributed by atoms with van der Waals surface area (Å²) in [6.45, 7) is 1.44. The van der Waals surface area contributed by atoms with Crippen molar-refractivity contribution in [1.29, 1.82) is 0 Å². The second-order valence-corrected chi connectivity index (χ2v) is 5.28. The lowest BCUT2D eigenvalue weighted by Gasteiger charge is -2.08. The Bertz CT molecular complexity index is 422. The molecule has 0 radical (unpaired) electrons. The lowest BCUT2D eigenvalue weighted by molar-refractivity contribution is -0.141. The first kappa shape index (κ1) is 14.9. The number of halogens is 1. The SMILES string of the molecule is C[C@@H](NC(=O)CCSc1ccc(Cl)cc1)C(=O)O. The molecule has 1 aromatic carbocycles. The van der Waals surface area contributed by atoms with Crippen LogP contribution in [0.3, 0.4) is 0 Å². The Balaban J connectivity index is 2.27. The van der Waals surface area contributed by atoms with Crippen LogP contribution in [0.4, 0.5) is 0 Å². The van der Waals surface area contributed by atoms with E-state index in [1.54, 1.807) is 12.1 Å². The Labute approximate surface area is 115 Å². The van der Waals surface area contributed by atoms with Crippen molar-refractivity contribution in [2.24, 2.45) is 0 Å². The van der Waals surface area contributed by atoms with Gasteiger partial charge in [-0.15, -0.1) is 11.8 Å². The van der Waals surface area contributed by atoms with E-state index >= 15 is 0 Å². The molecule has 1 aromatic rings. The number of thioether (sulfide) groups is 1. The Morgan fingerprint density at radius 3 is 2.56 bits per heavy atom. The summed E-state index contributed by atoms with van der Waals surface area (Å²) in [6, 6.07) is 6.49. The molecule has 0 spiro atoms. The quantitative estimate of drug-likeness (QED) is 0.789. The average molecular weight is 288 g/mol. The second kappa shape index (κ2) is 7.28. The fourth-order valence-electron chi connectivity index (χ4n) is 1.17. The lowest BCUT2D eigenvalue weighted by Crippen LogP contribution is -2.38. The normalized spacial score (nSPS) is 11.9. The molecule has 98 valence electrons. The fraction of sp³-hybridized carbons (Fsp3) is 0.333. The van der Waals surface area contributed by atoms with Crippen LogP contribution in [0.25, 0.3) is 0 Å². The molecule has 6 heteroatoms. The Kier molecular flexibility index (Phi) is 6.01. The number of carbonyl (C=O) groups excluding carboxylic acids is 1. The third-order valence-corrected chi connectivity index (χ3v) is 3.43. The van der Waals surface area contributed by atoms with Gasteiger partial charge in [0, 0.05) is 22.1 Å². The van der Waals surface area contributed by atoms with E-state index in [9.17, 15) is 9.59 Å². The highest BCUT2D eigenvalue weighted by Crippen LogP contribution is 2.20. The Hall–Kier alpha value is -1.20. The highest BCUT2D eigenvalue weighted by molar-refractivity contribution is 7.99. The molecule has 0 unspecified atom stereocenters. The van der Waals surface area contributed by atoms with Crippen LogP contribution in [-0.4, -0.2) is 28.8 Å². The zero-order chi connectivity index (χ0) is 13.5. The van der Waals surface area contributed by atoms with E-state index in [0.717, 1.165) is 4.90 Å². The van der Waals surface area contributed by atoms with E-state index in [1.165, 1.54) is 18.7 Å². The Morgan fingerprint density at radius 1 is 1.39 bits per heavy atom. The van der Waals surface area contributed by atoms with Crippen LogP contribution in [0.5, 0.6) is 0 Å². The van der Waals surface area contributed by atoms with Crippen molar-refractivity contribution in [3.8, 4) is 0 Å². The predicted molar refractivity (Wildman–Crippen MR) is 72.0 cm³/mol. The van der Waals surface area contributed by atoms with Gasteiger partial charge in [0.05, 0.1) is 0 Å². The van der Waals surface area contributed by atoms with Crippen molar-refractivity contribution in [3.63, 3.8) is 0 Å². The van der Waals surface area contributed by atoms with E-state index in [1.807, 2.05) is 12.1 Å². The number of carboxylic acid groups (broad SMARTS) is 1. The average Bonchev–Trinajstić information content (AvgIpc) is 2.31. The first-order chi connectivity index (χ1) is 8.49. The van der Waals surface area contributed by atoms with Gasteiger partial charge in [0.15, 0.2) is 0 Å². The summed E-state index contributed by atoms with van der Waals surface area (Å²) in [5.74, 6) is -0.695. The van der Waals surface area contributed by atoms with Crippen molar-refractivity contribution in [1.82, 2.24) is 5.32 Å². The molecule has 0 aliphatic heterocycles. The van der Waals surface area contributed by atoms with Crippen LogP contribution in [0, 0.1) is 0 Å². The number of nitrogens with one attached hydrogen (secondary N) is 1. The molecule has 0 heterocycles. The summed E-state index contributed by atoms with van der Waals surface area (Å²) in [6.07, 6.45) is 0.283. The molecule has 0 aromatic heterocycles. The largest absolute Gasteiger partial charge is 0.480 e. The molecular weight excluding hydrogens is 274 g/mol. The minimum atomic E-state index is -1.03. The van der Waals surface area contributed by atoms with Gasteiger partial charge in [-0.1, -0.05) is 11.6 Å². The minimum absolute atomic E-state index is 0.258. The maximum absolute atomic E-state index is 11.4. The van der Waals surface area contributed by atoms with Crippen LogP contribution >= 0.6 is 23.4 Å².